The zero-order valence-electron chi connectivity index (χ0n) is 8.26. The van der Waals surface area contributed by atoms with Gasteiger partial charge in [0.25, 0.3) is 0 Å². The van der Waals surface area contributed by atoms with E-state index in [0.717, 1.165) is 24.8 Å². The molecule has 0 amide bonds. The van der Waals surface area contributed by atoms with Gasteiger partial charge in [0.05, 0.1) is 6.10 Å². The first-order valence-electron chi connectivity index (χ1n) is 5.26. The van der Waals surface area contributed by atoms with Crippen molar-refractivity contribution in [3.05, 3.63) is 48.0 Å². The van der Waals surface area contributed by atoms with E-state index in [-0.39, 0.29) is 6.10 Å². The molecule has 0 spiro atoms. The van der Waals surface area contributed by atoms with Crippen molar-refractivity contribution in [3.63, 3.8) is 0 Å². The summed E-state index contributed by atoms with van der Waals surface area (Å²) in [7, 11) is 0. The van der Waals surface area contributed by atoms with Gasteiger partial charge in [-0.05, 0) is 30.7 Å². The van der Waals surface area contributed by atoms with E-state index >= 15 is 0 Å². The maximum Gasteiger partial charge on any atom is 0.0821 e. The van der Waals surface area contributed by atoms with Crippen molar-refractivity contribution >= 4 is 0 Å². The van der Waals surface area contributed by atoms with Crippen molar-refractivity contribution < 1.29 is 5.11 Å². The van der Waals surface area contributed by atoms with Crippen LogP contribution in [-0.4, -0.2) is 5.11 Å². The maximum atomic E-state index is 10.1. The molecule has 1 N–H and O–H groups in total. The molecule has 2 rings (SSSR count). The summed E-state index contributed by atoms with van der Waals surface area (Å²) in [5.41, 5.74) is 1.05. The lowest BCUT2D eigenvalue weighted by molar-refractivity contribution is 0.102. The summed E-state index contributed by atoms with van der Waals surface area (Å²) in [6, 6.07) is 9.96. The molecule has 0 saturated carbocycles. The van der Waals surface area contributed by atoms with E-state index in [4.69, 9.17) is 0 Å². The number of hydrogen-bond acceptors (Lipinski definition) is 1. The van der Waals surface area contributed by atoms with Crippen molar-refractivity contribution in [3.8, 4) is 0 Å². The molecule has 1 aromatic rings. The molecule has 74 valence electrons. The van der Waals surface area contributed by atoms with Crippen LogP contribution in [0.4, 0.5) is 0 Å². The quantitative estimate of drug-likeness (QED) is 0.707. The predicted molar refractivity (Wildman–Crippen MR) is 57.9 cm³/mol. The normalized spacial score (nSPS) is 23.4. The average Bonchev–Trinajstić information content (AvgIpc) is 2.30. The fraction of sp³-hybridized carbons (Fsp3) is 0.385. The van der Waals surface area contributed by atoms with Crippen LogP contribution in [0.1, 0.15) is 30.9 Å². The van der Waals surface area contributed by atoms with Gasteiger partial charge >= 0.3 is 0 Å². The van der Waals surface area contributed by atoms with Gasteiger partial charge in [-0.15, -0.1) is 0 Å². The number of aliphatic hydroxyl groups is 1. The zero-order valence-corrected chi connectivity index (χ0v) is 8.26. The van der Waals surface area contributed by atoms with Crippen LogP contribution in [0.5, 0.6) is 0 Å². The Balaban J connectivity index is 2.08. The SMILES string of the molecule is OC(c1ccccc1)C1CC=CCC1. The molecular weight excluding hydrogens is 172 g/mol. The van der Waals surface area contributed by atoms with Gasteiger partial charge in [-0.2, -0.15) is 0 Å². The molecule has 14 heavy (non-hydrogen) atoms. The van der Waals surface area contributed by atoms with Gasteiger partial charge < -0.3 is 5.11 Å². The summed E-state index contributed by atoms with van der Waals surface area (Å²) in [4.78, 5) is 0. The Bertz CT molecular complexity index is 302. The Morgan fingerprint density at radius 2 is 1.93 bits per heavy atom. The minimum atomic E-state index is -0.291. The molecule has 1 heteroatoms. The summed E-state index contributed by atoms with van der Waals surface area (Å²) in [5, 5.41) is 10.1. The summed E-state index contributed by atoms with van der Waals surface area (Å²) in [6.07, 6.45) is 7.31. The molecule has 0 bridgehead atoms. The molecular formula is C13H16O. The van der Waals surface area contributed by atoms with E-state index in [9.17, 15) is 5.11 Å². The summed E-state index contributed by atoms with van der Waals surface area (Å²) >= 11 is 0. The molecule has 0 radical (unpaired) electrons. The van der Waals surface area contributed by atoms with E-state index < -0.39 is 0 Å². The van der Waals surface area contributed by atoms with E-state index in [1.165, 1.54) is 0 Å². The fourth-order valence-corrected chi connectivity index (χ4v) is 2.03. The topological polar surface area (TPSA) is 20.2 Å². The molecule has 1 aliphatic carbocycles. The van der Waals surface area contributed by atoms with Crippen LogP contribution in [-0.2, 0) is 0 Å². The van der Waals surface area contributed by atoms with Crippen LogP contribution >= 0.6 is 0 Å². The largest absolute Gasteiger partial charge is 0.388 e. The van der Waals surface area contributed by atoms with Crippen LogP contribution in [0, 0.1) is 5.92 Å². The molecule has 2 atom stereocenters. The Hall–Kier alpha value is -1.08. The van der Waals surface area contributed by atoms with Crippen molar-refractivity contribution in [1.29, 1.82) is 0 Å². The number of allylic oxidation sites excluding steroid dienone is 2. The Kier molecular flexibility index (Phi) is 3.00. The number of hydrogen-bond donors (Lipinski definition) is 1. The third-order valence-electron chi connectivity index (χ3n) is 2.90. The Morgan fingerprint density at radius 3 is 2.57 bits per heavy atom. The second-order valence-corrected chi connectivity index (χ2v) is 3.90. The first kappa shape index (κ1) is 9.47. The fourth-order valence-electron chi connectivity index (χ4n) is 2.03. The number of aliphatic hydroxyl groups excluding tert-OH is 1. The van der Waals surface area contributed by atoms with Crippen molar-refractivity contribution in [2.45, 2.75) is 25.4 Å². The smallest absolute Gasteiger partial charge is 0.0821 e. The summed E-state index contributed by atoms with van der Waals surface area (Å²) < 4.78 is 0. The lowest BCUT2D eigenvalue weighted by Crippen LogP contribution is -2.13. The molecule has 0 heterocycles. The monoisotopic (exact) mass is 188 g/mol. The summed E-state index contributed by atoms with van der Waals surface area (Å²) in [5.74, 6) is 0.405. The molecule has 0 saturated heterocycles. The van der Waals surface area contributed by atoms with E-state index in [1.54, 1.807) is 0 Å². The highest BCUT2D eigenvalue weighted by atomic mass is 16.3. The molecule has 1 nitrogen and oxygen atoms in total. The van der Waals surface area contributed by atoms with Gasteiger partial charge in [-0.25, -0.2) is 0 Å². The maximum absolute atomic E-state index is 10.1. The molecule has 1 aliphatic rings. The summed E-state index contributed by atoms with van der Waals surface area (Å²) in [6.45, 7) is 0. The van der Waals surface area contributed by atoms with Gasteiger partial charge in [0.15, 0.2) is 0 Å². The molecule has 2 unspecified atom stereocenters. The standard InChI is InChI=1S/C13H16O/c14-13(11-7-3-1-4-8-11)12-9-5-2-6-10-12/h1-5,7-8,12-14H,6,9-10H2. The van der Waals surface area contributed by atoms with Gasteiger partial charge in [-0.3, -0.25) is 0 Å². The highest BCUT2D eigenvalue weighted by Crippen LogP contribution is 2.31. The molecule has 1 aromatic carbocycles. The molecule has 0 aromatic heterocycles. The zero-order chi connectivity index (χ0) is 9.80. The van der Waals surface area contributed by atoms with E-state index in [1.807, 2.05) is 30.3 Å². The minimum Gasteiger partial charge on any atom is -0.388 e. The van der Waals surface area contributed by atoms with Crippen LogP contribution in [0.2, 0.25) is 0 Å². The van der Waals surface area contributed by atoms with Gasteiger partial charge in [0.2, 0.25) is 0 Å². The third-order valence-corrected chi connectivity index (χ3v) is 2.90. The van der Waals surface area contributed by atoms with Crippen molar-refractivity contribution in [2.24, 2.45) is 5.92 Å². The van der Waals surface area contributed by atoms with Crippen molar-refractivity contribution in [1.82, 2.24) is 0 Å². The minimum absolute atomic E-state index is 0.291. The predicted octanol–water partition coefficient (Wildman–Crippen LogP) is 3.08. The molecule has 0 aliphatic heterocycles. The van der Waals surface area contributed by atoms with Crippen LogP contribution < -0.4 is 0 Å². The average molecular weight is 188 g/mol. The Labute approximate surface area is 85.1 Å². The van der Waals surface area contributed by atoms with Gasteiger partial charge in [-0.1, -0.05) is 42.5 Å². The lowest BCUT2D eigenvalue weighted by atomic mass is 9.86. The van der Waals surface area contributed by atoms with Gasteiger partial charge in [0.1, 0.15) is 0 Å². The highest BCUT2D eigenvalue weighted by molar-refractivity contribution is 5.18. The number of rotatable bonds is 2. The van der Waals surface area contributed by atoms with E-state index in [0.29, 0.717) is 5.92 Å². The van der Waals surface area contributed by atoms with Crippen LogP contribution in [0.3, 0.4) is 0 Å². The van der Waals surface area contributed by atoms with E-state index in [2.05, 4.69) is 12.2 Å². The Morgan fingerprint density at radius 1 is 1.14 bits per heavy atom. The first-order chi connectivity index (χ1) is 6.88. The van der Waals surface area contributed by atoms with Gasteiger partial charge in [0, 0.05) is 0 Å². The highest BCUT2D eigenvalue weighted by Gasteiger charge is 2.20. The van der Waals surface area contributed by atoms with Crippen LogP contribution in [0.25, 0.3) is 0 Å². The third kappa shape index (κ3) is 2.05. The molecule has 0 fully saturated rings. The lowest BCUT2D eigenvalue weighted by Gasteiger charge is -2.23. The van der Waals surface area contributed by atoms with Crippen molar-refractivity contribution in [2.75, 3.05) is 0 Å². The second-order valence-electron chi connectivity index (χ2n) is 3.90. The second kappa shape index (κ2) is 4.43. The first-order valence-corrected chi connectivity index (χ1v) is 5.26. The van der Waals surface area contributed by atoms with Crippen LogP contribution in [0.15, 0.2) is 42.5 Å². The number of benzene rings is 1.